The van der Waals surface area contributed by atoms with Gasteiger partial charge in [0.15, 0.2) is 5.58 Å². The zero-order valence-corrected chi connectivity index (χ0v) is 10.3. The van der Waals surface area contributed by atoms with Gasteiger partial charge in [0.2, 0.25) is 0 Å². The van der Waals surface area contributed by atoms with E-state index in [9.17, 15) is 13.6 Å². The third kappa shape index (κ3) is 2.16. The van der Waals surface area contributed by atoms with Crippen molar-refractivity contribution >= 4 is 16.8 Å². The third-order valence-electron chi connectivity index (χ3n) is 2.96. The summed E-state index contributed by atoms with van der Waals surface area (Å²) in [6.45, 7) is 0.0183. The highest BCUT2D eigenvalue weighted by molar-refractivity contribution is 5.76. The van der Waals surface area contributed by atoms with Crippen LogP contribution >= 0.6 is 0 Å². The van der Waals surface area contributed by atoms with Crippen molar-refractivity contribution in [1.82, 2.24) is 4.57 Å². The Labute approximate surface area is 112 Å². The van der Waals surface area contributed by atoms with Gasteiger partial charge in [-0.3, -0.25) is 4.57 Å². The number of nitrogens with two attached hydrogens (primary N) is 1. The van der Waals surface area contributed by atoms with Crippen molar-refractivity contribution in [3.63, 3.8) is 0 Å². The molecule has 0 fully saturated rings. The second-order valence-electron chi connectivity index (χ2n) is 4.46. The Morgan fingerprint density at radius 1 is 1.10 bits per heavy atom. The number of rotatable bonds is 2. The van der Waals surface area contributed by atoms with Crippen molar-refractivity contribution in [1.29, 1.82) is 0 Å². The highest BCUT2D eigenvalue weighted by atomic mass is 19.1. The second kappa shape index (κ2) is 4.48. The Morgan fingerprint density at radius 2 is 1.80 bits per heavy atom. The van der Waals surface area contributed by atoms with Gasteiger partial charge in [0.1, 0.15) is 11.6 Å². The van der Waals surface area contributed by atoms with E-state index in [1.165, 1.54) is 22.8 Å². The van der Waals surface area contributed by atoms with Crippen molar-refractivity contribution in [2.24, 2.45) is 0 Å². The Balaban J connectivity index is 2.10. The molecule has 0 unspecified atom stereocenters. The molecule has 0 bridgehead atoms. The lowest BCUT2D eigenvalue weighted by Crippen LogP contribution is -2.15. The second-order valence-corrected chi connectivity index (χ2v) is 4.46. The van der Waals surface area contributed by atoms with Gasteiger partial charge in [-0.2, -0.15) is 0 Å². The minimum atomic E-state index is -0.690. The molecule has 2 N–H and O–H groups in total. The molecule has 3 rings (SSSR count). The molecule has 0 radical (unpaired) electrons. The molecule has 6 heteroatoms. The number of fused-ring (bicyclic) bond motifs is 1. The predicted molar refractivity (Wildman–Crippen MR) is 70.3 cm³/mol. The lowest BCUT2D eigenvalue weighted by Gasteiger charge is -2.03. The number of oxazole rings is 1. The standard InChI is InChI=1S/C14H10F2N2O2/c15-9-3-8(4-10(16)5-9)7-18-12-2-1-11(17)6-13(12)20-14(18)19/h1-6H,7,17H2. The van der Waals surface area contributed by atoms with Crippen LogP contribution in [0.3, 0.4) is 0 Å². The molecule has 0 saturated carbocycles. The molecule has 0 spiro atoms. The van der Waals surface area contributed by atoms with Crippen LogP contribution in [0.1, 0.15) is 5.56 Å². The maximum atomic E-state index is 13.2. The van der Waals surface area contributed by atoms with Crippen LogP contribution in [0.25, 0.3) is 11.1 Å². The fourth-order valence-corrected chi connectivity index (χ4v) is 2.12. The molecular weight excluding hydrogens is 266 g/mol. The van der Waals surface area contributed by atoms with E-state index in [1.54, 1.807) is 12.1 Å². The van der Waals surface area contributed by atoms with Crippen molar-refractivity contribution in [2.75, 3.05) is 5.73 Å². The van der Waals surface area contributed by atoms with Crippen LogP contribution in [-0.4, -0.2) is 4.57 Å². The number of hydrogen-bond acceptors (Lipinski definition) is 3. The van der Waals surface area contributed by atoms with Crippen LogP contribution in [0, 0.1) is 11.6 Å². The first kappa shape index (κ1) is 12.4. The largest absolute Gasteiger partial charge is 0.420 e. The first-order valence-corrected chi connectivity index (χ1v) is 5.87. The molecule has 0 aliphatic heterocycles. The lowest BCUT2D eigenvalue weighted by atomic mass is 10.2. The number of anilines is 1. The Bertz CT molecular complexity index is 832. The van der Waals surface area contributed by atoms with Gasteiger partial charge in [0.05, 0.1) is 12.1 Å². The van der Waals surface area contributed by atoms with Gasteiger partial charge < -0.3 is 10.2 Å². The topological polar surface area (TPSA) is 61.2 Å². The average Bonchev–Trinajstić information content (AvgIpc) is 2.64. The summed E-state index contributed by atoms with van der Waals surface area (Å²) in [7, 11) is 0. The highest BCUT2D eigenvalue weighted by Gasteiger charge is 2.11. The van der Waals surface area contributed by atoms with Gasteiger partial charge in [0, 0.05) is 17.8 Å². The maximum absolute atomic E-state index is 13.2. The maximum Gasteiger partial charge on any atom is 0.420 e. The first-order valence-electron chi connectivity index (χ1n) is 5.87. The van der Waals surface area contributed by atoms with E-state index < -0.39 is 17.4 Å². The van der Waals surface area contributed by atoms with E-state index in [2.05, 4.69) is 0 Å². The zero-order chi connectivity index (χ0) is 14.3. The van der Waals surface area contributed by atoms with Crippen LogP contribution in [0.2, 0.25) is 0 Å². The van der Waals surface area contributed by atoms with Crippen LogP contribution in [0.15, 0.2) is 45.6 Å². The van der Waals surface area contributed by atoms with E-state index >= 15 is 0 Å². The van der Waals surface area contributed by atoms with E-state index in [-0.39, 0.29) is 6.54 Å². The molecule has 2 aromatic carbocycles. The SMILES string of the molecule is Nc1ccc2c(c1)oc(=O)n2Cc1cc(F)cc(F)c1. The summed E-state index contributed by atoms with van der Waals surface area (Å²) < 4.78 is 32.7. The quantitative estimate of drug-likeness (QED) is 0.731. The molecule has 1 heterocycles. The normalized spacial score (nSPS) is 11.1. The fraction of sp³-hybridized carbons (Fsp3) is 0.0714. The highest BCUT2D eigenvalue weighted by Crippen LogP contribution is 2.18. The molecule has 0 amide bonds. The van der Waals surface area contributed by atoms with Crippen LogP contribution < -0.4 is 11.5 Å². The molecule has 102 valence electrons. The number of hydrogen-bond donors (Lipinski definition) is 1. The van der Waals surface area contributed by atoms with Gasteiger partial charge in [-0.25, -0.2) is 13.6 Å². The van der Waals surface area contributed by atoms with Crippen molar-refractivity contribution in [2.45, 2.75) is 6.54 Å². The summed E-state index contributed by atoms with van der Waals surface area (Å²) in [5.41, 5.74) is 7.27. The molecule has 0 atom stereocenters. The zero-order valence-electron chi connectivity index (χ0n) is 10.3. The summed E-state index contributed by atoms with van der Waals surface area (Å²) in [4.78, 5) is 11.8. The summed E-state index contributed by atoms with van der Waals surface area (Å²) >= 11 is 0. The van der Waals surface area contributed by atoms with Gasteiger partial charge in [0.25, 0.3) is 0 Å². The summed E-state index contributed by atoms with van der Waals surface area (Å²) in [5, 5.41) is 0. The first-order chi connectivity index (χ1) is 9.52. The van der Waals surface area contributed by atoms with Crippen molar-refractivity contribution in [3.05, 3.63) is 64.1 Å². The predicted octanol–water partition coefficient (Wildman–Crippen LogP) is 2.50. The molecule has 0 aliphatic rings. The Kier molecular flexibility index (Phi) is 2.78. The fourth-order valence-electron chi connectivity index (χ4n) is 2.12. The summed E-state index contributed by atoms with van der Waals surface area (Å²) in [6, 6.07) is 7.91. The smallest absolute Gasteiger partial charge is 0.408 e. The molecule has 0 saturated heterocycles. The minimum Gasteiger partial charge on any atom is -0.408 e. The number of nitrogen functional groups attached to an aromatic ring is 1. The number of nitrogens with zero attached hydrogens (tertiary/aromatic N) is 1. The van der Waals surface area contributed by atoms with Gasteiger partial charge in [-0.15, -0.1) is 0 Å². The summed E-state index contributed by atoms with van der Waals surface area (Å²) in [6.07, 6.45) is 0. The molecule has 20 heavy (non-hydrogen) atoms. The average molecular weight is 276 g/mol. The van der Waals surface area contributed by atoms with E-state index in [0.717, 1.165) is 6.07 Å². The van der Waals surface area contributed by atoms with Crippen LogP contribution in [0.5, 0.6) is 0 Å². The van der Waals surface area contributed by atoms with E-state index in [1.807, 2.05) is 0 Å². The van der Waals surface area contributed by atoms with E-state index in [0.29, 0.717) is 22.4 Å². The third-order valence-corrected chi connectivity index (χ3v) is 2.96. The number of aromatic nitrogens is 1. The van der Waals surface area contributed by atoms with Gasteiger partial charge in [-0.05, 0) is 29.8 Å². The summed E-state index contributed by atoms with van der Waals surface area (Å²) in [5.74, 6) is -1.98. The van der Waals surface area contributed by atoms with E-state index in [4.69, 9.17) is 10.2 Å². The molecule has 3 aromatic rings. The van der Waals surface area contributed by atoms with Crippen molar-refractivity contribution in [3.8, 4) is 0 Å². The van der Waals surface area contributed by atoms with Gasteiger partial charge in [-0.1, -0.05) is 0 Å². The molecule has 1 aromatic heterocycles. The van der Waals surface area contributed by atoms with Crippen LogP contribution in [-0.2, 0) is 6.54 Å². The number of benzene rings is 2. The Hall–Kier alpha value is -2.63. The monoisotopic (exact) mass is 276 g/mol. The molecular formula is C14H10F2N2O2. The number of halogens is 2. The van der Waals surface area contributed by atoms with Crippen LogP contribution in [0.4, 0.5) is 14.5 Å². The minimum absolute atomic E-state index is 0.0183. The lowest BCUT2D eigenvalue weighted by molar-refractivity contribution is 0.515. The molecule has 0 aliphatic carbocycles. The Morgan fingerprint density at radius 3 is 2.50 bits per heavy atom. The van der Waals surface area contributed by atoms with Gasteiger partial charge >= 0.3 is 5.76 Å². The van der Waals surface area contributed by atoms with Crippen molar-refractivity contribution < 1.29 is 13.2 Å². The molecule has 4 nitrogen and oxygen atoms in total.